The first-order chi connectivity index (χ1) is 7.11. The maximum Gasteiger partial charge on any atom is 0.167 e. The zero-order valence-corrected chi connectivity index (χ0v) is 8.91. The quantitative estimate of drug-likeness (QED) is 0.732. The molecular formula is C11H15NO3. The second-order valence-electron chi connectivity index (χ2n) is 3.25. The highest BCUT2D eigenvalue weighted by Gasteiger charge is 2.14. The van der Waals surface area contributed by atoms with Gasteiger partial charge in [-0.3, -0.25) is 4.79 Å². The minimum Gasteiger partial charge on any atom is -0.507 e. The van der Waals surface area contributed by atoms with Gasteiger partial charge in [0, 0.05) is 12.0 Å². The van der Waals surface area contributed by atoms with Gasteiger partial charge >= 0.3 is 0 Å². The molecule has 0 heterocycles. The molecule has 0 spiro atoms. The molecule has 0 unspecified atom stereocenters. The summed E-state index contributed by atoms with van der Waals surface area (Å²) in [5.41, 5.74) is 6.16. The van der Waals surface area contributed by atoms with Crippen LogP contribution < -0.4 is 10.5 Å². The second-order valence-corrected chi connectivity index (χ2v) is 3.25. The molecule has 3 N–H and O–H groups in total. The van der Waals surface area contributed by atoms with Crippen LogP contribution in [-0.4, -0.2) is 24.5 Å². The maximum atomic E-state index is 11.5. The fourth-order valence-corrected chi connectivity index (χ4v) is 1.39. The summed E-state index contributed by atoms with van der Waals surface area (Å²) >= 11 is 0. The van der Waals surface area contributed by atoms with Gasteiger partial charge in [-0.1, -0.05) is 0 Å². The number of carbonyl (C=O) groups is 1. The number of rotatable bonds is 4. The smallest absolute Gasteiger partial charge is 0.167 e. The maximum absolute atomic E-state index is 11.5. The zero-order valence-electron chi connectivity index (χ0n) is 8.91. The molecule has 0 saturated carbocycles. The number of ketones is 1. The van der Waals surface area contributed by atoms with Crippen molar-refractivity contribution in [3.05, 3.63) is 23.3 Å². The summed E-state index contributed by atoms with van der Waals surface area (Å²) in [7, 11) is 1.52. The van der Waals surface area contributed by atoms with E-state index in [1.807, 2.05) is 0 Å². The summed E-state index contributed by atoms with van der Waals surface area (Å²) in [6.45, 7) is 1.98. The molecule has 4 nitrogen and oxygen atoms in total. The third kappa shape index (κ3) is 2.27. The molecule has 0 aliphatic rings. The molecule has 4 heteroatoms. The van der Waals surface area contributed by atoms with Crippen LogP contribution in [0.15, 0.2) is 12.1 Å². The van der Waals surface area contributed by atoms with Crippen LogP contribution >= 0.6 is 0 Å². The molecule has 0 fully saturated rings. The fourth-order valence-electron chi connectivity index (χ4n) is 1.39. The van der Waals surface area contributed by atoms with Crippen LogP contribution in [0.1, 0.15) is 22.3 Å². The van der Waals surface area contributed by atoms with E-state index in [9.17, 15) is 9.90 Å². The first-order valence-corrected chi connectivity index (χ1v) is 4.71. The minimum atomic E-state index is -0.152. The van der Waals surface area contributed by atoms with E-state index in [0.717, 1.165) is 0 Å². The molecule has 1 aromatic carbocycles. The Morgan fingerprint density at radius 2 is 2.20 bits per heavy atom. The van der Waals surface area contributed by atoms with E-state index in [0.29, 0.717) is 16.9 Å². The summed E-state index contributed by atoms with van der Waals surface area (Å²) in [5, 5.41) is 9.76. The molecule has 82 valence electrons. The molecule has 0 atom stereocenters. The number of phenols is 1. The van der Waals surface area contributed by atoms with Gasteiger partial charge in [-0.15, -0.1) is 0 Å². The average Bonchev–Trinajstić information content (AvgIpc) is 2.22. The van der Waals surface area contributed by atoms with Crippen LogP contribution in [0.25, 0.3) is 0 Å². The summed E-state index contributed by atoms with van der Waals surface area (Å²) in [5.74, 6) is 0.394. The molecular weight excluding hydrogens is 194 g/mol. The monoisotopic (exact) mass is 209 g/mol. The summed E-state index contributed by atoms with van der Waals surface area (Å²) in [6, 6.07) is 3.22. The normalized spacial score (nSPS) is 10.1. The van der Waals surface area contributed by atoms with Crippen LogP contribution in [0.5, 0.6) is 11.5 Å². The molecule has 0 aliphatic heterocycles. The highest BCUT2D eigenvalue weighted by molar-refractivity contribution is 5.99. The molecule has 0 amide bonds. The number of benzene rings is 1. The number of methoxy groups -OCH3 is 1. The van der Waals surface area contributed by atoms with Crippen molar-refractivity contribution in [2.24, 2.45) is 5.73 Å². The molecule has 0 aliphatic carbocycles. The minimum absolute atomic E-state index is 0.0206. The van der Waals surface area contributed by atoms with Gasteiger partial charge in [0.2, 0.25) is 0 Å². The molecule has 0 bridgehead atoms. The number of hydrogen-bond acceptors (Lipinski definition) is 4. The van der Waals surface area contributed by atoms with Gasteiger partial charge in [0.15, 0.2) is 5.78 Å². The van der Waals surface area contributed by atoms with Crippen molar-refractivity contribution in [1.82, 2.24) is 0 Å². The summed E-state index contributed by atoms with van der Waals surface area (Å²) in [4.78, 5) is 11.5. The highest BCUT2D eigenvalue weighted by atomic mass is 16.5. The van der Waals surface area contributed by atoms with E-state index >= 15 is 0 Å². The Kier molecular flexibility index (Phi) is 3.68. The number of hydrogen-bond donors (Lipinski definition) is 2. The van der Waals surface area contributed by atoms with Crippen molar-refractivity contribution in [1.29, 1.82) is 0 Å². The van der Waals surface area contributed by atoms with Crippen molar-refractivity contribution in [2.75, 3.05) is 13.7 Å². The van der Waals surface area contributed by atoms with Crippen LogP contribution in [0.4, 0.5) is 0 Å². The second kappa shape index (κ2) is 4.79. The third-order valence-electron chi connectivity index (χ3n) is 2.27. The van der Waals surface area contributed by atoms with Crippen LogP contribution in [0, 0.1) is 6.92 Å². The zero-order chi connectivity index (χ0) is 11.4. The number of phenolic OH excluding ortho intramolecular Hbond substituents is 1. The Morgan fingerprint density at radius 3 is 2.73 bits per heavy atom. The molecule has 0 radical (unpaired) electrons. The first-order valence-electron chi connectivity index (χ1n) is 4.71. The molecule has 0 saturated heterocycles. The van der Waals surface area contributed by atoms with E-state index < -0.39 is 0 Å². The lowest BCUT2D eigenvalue weighted by molar-refractivity contribution is 0.0982. The van der Waals surface area contributed by atoms with Gasteiger partial charge in [0.1, 0.15) is 11.5 Å². The van der Waals surface area contributed by atoms with E-state index in [-0.39, 0.29) is 24.5 Å². The van der Waals surface area contributed by atoms with E-state index in [1.54, 1.807) is 19.1 Å². The average molecular weight is 209 g/mol. The van der Waals surface area contributed by atoms with Crippen molar-refractivity contribution in [3.8, 4) is 11.5 Å². The largest absolute Gasteiger partial charge is 0.507 e. The highest BCUT2D eigenvalue weighted by Crippen LogP contribution is 2.30. The Bertz CT molecular complexity index is 374. The Hall–Kier alpha value is -1.55. The third-order valence-corrected chi connectivity index (χ3v) is 2.27. The molecule has 0 aromatic heterocycles. The van der Waals surface area contributed by atoms with Gasteiger partial charge in [0.25, 0.3) is 0 Å². The Morgan fingerprint density at radius 1 is 1.53 bits per heavy atom. The number of ether oxygens (including phenoxy) is 1. The first kappa shape index (κ1) is 11.5. The van der Waals surface area contributed by atoms with E-state index in [2.05, 4.69) is 0 Å². The lowest BCUT2D eigenvalue weighted by Gasteiger charge is -2.09. The van der Waals surface area contributed by atoms with Crippen molar-refractivity contribution >= 4 is 5.78 Å². The predicted molar refractivity (Wildman–Crippen MR) is 57.4 cm³/mol. The van der Waals surface area contributed by atoms with Gasteiger partial charge in [-0.05, 0) is 25.6 Å². The van der Waals surface area contributed by atoms with Crippen molar-refractivity contribution < 1.29 is 14.6 Å². The topological polar surface area (TPSA) is 72.5 Å². The van der Waals surface area contributed by atoms with Crippen LogP contribution in [-0.2, 0) is 0 Å². The summed E-state index contributed by atoms with van der Waals surface area (Å²) in [6.07, 6.45) is 0.235. The van der Waals surface area contributed by atoms with E-state index in [1.165, 1.54) is 7.11 Å². The van der Waals surface area contributed by atoms with E-state index in [4.69, 9.17) is 10.5 Å². The summed E-state index contributed by atoms with van der Waals surface area (Å²) < 4.78 is 5.02. The fraction of sp³-hybridized carbons (Fsp3) is 0.364. The predicted octanol–water partition coefficient (Wildman–Crippen LogP) is 1.24. The van der Waals surface area contributed by atoms with Gasteiger partial charge in [-0.25, -0.2) is 0 Å². The van der Waals surface area contributed by atoms with Crippen molar-refractivity contribution in [3.63, 3.8) is 0 Å². The molecule has 15 heavy (non-hydrogen) atoms. The molecule has 1 rings (SSSR count). The number of Topliss-reactive ketones (excluding diaryl/α,β-unsaturated/α-hetero) is 1. The standard InChI is InChI=1S/C11H15NO3/c1-7-10(15-2)4-3-8(11(7)14)9(13)5-6-12/h3-4,14H,5-6,12H2,1-2H3. The number of aromatic hydroxyl groups is 1. The lowest BCUT2D eigenvalue weighted by atomic mass is 10.0. The van der Waals surface area contributed by atoms with Crippen LogP contribution in [0.3, 0.4) is 0 Å². The lowest BCUT2D eigenvalue weighted by Crippen LogP contribution is -2.08. The SMILES string of the molecule is COc1ccc(C(=O)CCN)c(O)c1C. The number of nitrogens with two attached hydrogens (primary N) is 1. The van der Waals surface area contributed by atoms with Crippen molar-refractivity contribution in [2.45, 2.75) is 13.3 Å². The van der Waals surface area contributed by atoms with Gasteiger partial charge in [0.05, 0.1) is 12.7 Å². The van der Waals surface area contributed by atoms with Crippen LogP contribution in [0.2, 0.25) is 0 Å². The van der Waals surface area contributed by atoms with Gasteiger partial charge in [-0.2, -0.15) is 0 Å². The Labute approximate surface area is 88.7 Å². The Balaban J connectivity index is 3.11. The van der Waals surface area contributed by atoms with Gasteiger partial charge < -0.3 is 15.6 Å². The molecule has 1 aromatic rings. The number of carbonyl (C=O) groups excluding carboxylic acids is 1.